The number of rotatable bonds is 5. The molecule has 1 aliphatic heterocycles. The summed E-state index contributed by atoms with van der Waals surface area (Å²) in [6.45, 7) is 6.80. The van der Waals surface area contributed by atoms with Crippen molar-refractivity contribution in [2.24, 2.45) is 0 Å². The normalized spacial score (nSPS) is 18.5. The number of aromatic amines is 1. The zero-order valence-corrected chi connectivity index (χ0v) is 16.4. The average molecular weight is 395 g/mol. The first kappa shape index (κ1) is 18.9. The van der Waals surface area contributed by atoms with E-state index in [9.17, 15) is 4.39 Å². The van der Waals surface area contributed by atoms with Crippen LogP contribution in [0.1, 0.15) is 5.56 Å². The zero-order chi connectivity index (χ0) is 19.5. The van der Waals surface area contributed by atoms with E-state index in [0.717, 1.165) is 46.6 Å². The monoisotopic (exact) mass is 394 g/mol. The van der Waals surface area contributed by atoms with Crippen LogP contribution in [0.5, 0.6) is 0 Å². The van der Waals surface area contributed by atoms with E-state index >= 15 is 0 Å². The molecule has 4 nitrogen and oxygen atoms in total. The second-order valence-corrected chi connectivity index (χ2v) is 7.51. The van der Waals surface area contributed by atoms with Gasteiger partial charge in [0.2, 0.25) is 0 Å². The van der Waals surface area contributed by atoms with E-state index in [1.165, 1.54) is 0 Å². The molecule has 6 heteroatoms. The van der Waals surface area contributed by atoms with E-state index in [-0.39, 0.29) is 11.9 Å². The standard InChI is InChI=1S/C22H23FN4S/c1-2-3-22(28)21-13-24-8-9-27(21)14-18-11-15(4-6-19(18)23)16-5-7-20-17(10-16)12-25-26-20/h2-7,10-12,21,24,28H,1,8-9,13-14H2,(H,25,26)/b22-3-. The maximum atomic E-state index is 14.6. The minimum Gasteiger partial charge on any atom is -0.314 e. The van der Waals surface area contributed by atoms with Gasteiger partial charge in [0.05, 0.1) is 17.8 Å². The molecule has 0 amide bonds. The number of allylic oxidation sites excluding steroid dienone is 2. The molecular formula is C22H23FN4S. The molecule has 4 rings (SSSR count). The number of fused-ring (bicyclic) bond motifs is 1. The Morgan fingerprint density at radius 3 is 2.96 bits per heavy atom. The predicted molar refractivity (Wildman–Crippen MR) is 116 cm³/mol. The Balaban J connectivity index is 1.63. The molecule has 1 aromatic heterocycles. The summed E-state index contributed by atoms with van der Waals surface area (Å²) in [7, 11) is 0. The number of nitrogens with one attached hydrogen (secondary N) is 2. The molecule has 1 atom stereocenters. The van der Waals surface area contributed by atoms with Gasteiger partial charge in [-0.2, -0.15) is 5.10 Å². The molecule has 3 aromatic rings. The summed E-state index contributed by atoms with van der Waals surface area (Å²) in [5, 5.41) is 11.5. The van der Waals surface area contributed by atoms with Crippen molar-refractivity contribution in [3.63, 3.8) is 0 Å². The lowest BCUT2D eigenvalue weighted by molar-refractivity contribution is 0.180. The van der Waals surface area contributed by atoms with Crippen LogP contribution < -0.4 is 5.32 Å². The number of aromatic nitrogens is 2. The van der Waals surface area contributed by atoms with Crippen molar-refractivity contribution in [2.45, 2.75) is 12.6 Å². The third kappa shape index (κ3) is 3.90. The Labute approximate surface area is 169 Å². The fourth-order valence-corrected chi connectivity index (χ4v) is 4.04. The minimum atomic E-state index is -0.182. The summed E-state index contributed by atoms with van der Waals surface area (Å²) >= 11 is 4.62. The van der Waals surface area contributed by atoms with Crippen molar-refractivity contribution in [1.29, 1.82) is 0 Å². The number of halogens is 1. The number of nitrogens with zero attached hydrogens (tertiary/aromatic N) is 2. The van der Waals surface area contributed by atoms with Crippen molar-refractivity contribution in [3.8, 4) is 11.1 Å². The van der Waals surface area contributed by atoms with Crippen LogP contribution >= 0.6 is 12.6 Å². The highest BCUT2D eigenvalue weighted by molar-refractivity contribution is 7.84. The summed E-state index contributed by atoms with van der Waals surface area (Å²) in [6, 6.07) is 11.6. The van der Waals surface area contributed by atoms with Crippen LogP contribution in [0.15, 0.2) is 66.2 Å². The summed E-state index contributed by atoms with van der Waals surface area (Å²) in [4.78, 5) is 3.20. The van der Waals surface area contributed by atoms with Crippen molar-refractivity contribution >= 4 is 23.5 Å². The fraction of sp³-hybridized carbons (Fsp3) is 0.227. The molecule has 28 heavy (non-hydrogen) atoms. The molecule has 144 valence electrons. The molecule has 1 fully saturated rings. The van der Waals surface area contributed by atoms with Crippen LogP contribution in [0.4, 0.5) is 4.39 Å². The summed E-state index contributed by atoms with van der Waals surface area (Å²) < 4.78 is 14.6. The summed E-state index contributed by atoms with van der Waals surface area (Å²) in [5.74, 6) is -0.182. The molecule has 0 radical (unpaired) electrons. The van der Waals surface area contributed by atoms with Gasteiger partial charge >= 0.3 is 0 Å². The lowest BCUT2D eigenvalue weighted by atomic mass is 10.0. The topological polar surface area (TPSA) is 44.0 Å². The van der Waals surface area contributed by atoms with Gasteiger partial charge in [-0.1, -0.05) is 30.9 Å². The smallest absolute Gasteiger partial charge is 0.127 e. The van der Waals surface area contributed by atoms with E-state index in [1.54, 1.807) is 18.3 Å². The number of hydrogen-bond acceptors (Lipinski definition) is 4. The van der Waals surface area contributed by atoms with Gasteiger partial charge in [0.1, 0.15) is 5.82 Å². The highest BCUT2D eigenvalue weighted by Gasteiger charge is 2.24. The van der Waals surface area contributed by atoms with Crippen LogP contribution in [0.2, 0.25) is 0 Å². The summed E-state index contributed by atoms with van der Waals surface area (Å²) in [6.07, 6.45) is 5.44. The SMILES string of the molecule is C=C/C=C(\S)C1CNCCN1Cc1cc(-c2ccc3[nH]ncc3c2)ccc1F. The first-order valence-electron chi connectivity index (χ1n) is 9.34. The molecule has 0 saturated carbocycles. The Kier molecular flexibility index (Phi) is 5.62. The first-order valence-corrected chi connectivity index (χ1v) is 9.78. The van der Waals surface area contributed by atoms with Crippen LogP contribution in [0, 0.1) is 5.82 Å². The second kappa shape index (κ2) is 8.31. The van der Waals surface area contributed by atoms with Gasteiger partial charge in [0.15, 0.2) is 0 Å². The molecule has 0 aliphatic carbocycles. The highest BCUT2D eigenvalue weighted by Crippen LogP contribution is 2.27. The Morgan fingerprint density at radius 2 is 2.11 bits per heavy atom. The van der Waals surface area contributed by atoms with Crippen LogP contribution in [-0.2, 0) is 6.54 Å². The predicted octanol–water partition coefficient (Wildman–Crippen LogP) is 4.14. The summed E-state index contributed by atoms with van der Waals surface area (Å²) in [5.41, 5.74) is 3.73. The number of thiol groups is 1. The second-order valence-electron chi connectivity index (χ2n) is 7.00. The van der Waals surface area contributed by atoms with Crippen molar-refractivity contribution in [1.82, 2.24) is 20.4 Å². The van der Waals surface area contributed by atoms with E-state index in [1.807, 2.05) is 30.3 Å². The van der Waals surface area contributed by atoms with Crippen LogP contribution in [0.25, 0.3) is 22.0 Å². The van der Waals surface area contributed by atoms with E-state index in [2.05, 4.69) is 45.7 Å². The third-order valence-electron chi connectivity index (χ3n) is 5.18. The molecule has 1 unspecified atom stereocenters. The lowest BCUT2D eigenvalue weighted by Crippen LogP contribution is -2.51. The van der Waals surface area contributed by atoms with Gasteiger partial charge in [0.25, 0.3) is 0 Å². The van der Waals surface area contributed by atoms with E-state index in [0.29, 0.717) is 12.1 Å². The molecule has 0 bridgehead atoms. The largest absolute Gasteiger partial charge is 0.314 e. The van der Waals surface area contributed by atoms with E-state index in [4.69, 9.17) is 0 Å². The molecule has 1 saturated heterocycles. The van der Waals surface area contributed by atoms with Crippen LogP contribution in [-0.4, -0.2) is 40.8 Å². The quantitative estimate of drug-likeness (QED) is 0.450. The van der Waals surface area contributed by atoms with Gasteiger partial charge in [-0.15, -0.1) is 12.6 Å². The Bertz CT molecular complexity index is 1030. The van der Waals surface area contributed by atoms with Gasteiger partial charge in [0, 0.05) is 42.0 Å². The van der Waals surface area contributed by atoms with Gasteiger partial charge in [-0.05, 0) is 35.4 Å². The molecule has 1 aliphatic rings. The molecule has 2 aromatic carbocycles. The number of hydrogen-bond donors (Lipinski definition) is 3. The molecule has 2 N–H and O–H groups in total. The highest BCUT2D eigenvalue weighted by atomic mass is 32.1. The molecule has 0 spiro atoms. The maximum Gasteiger partial charge on any atom is 0.127 e. The first-order chi connectivity index (χ1) is 13.7. The van der Waals surface area contributed by atoms with Crippen molar-refractivity contribution in [3.05, 3.63) is 77.6 Å². The number of piperazine rings is 1. The van der Waals surface area contributed by atoms with E-state index < -0.39 is 0 Å². The molecule has 2 heterocycles. The molecular weight excluding hydrogens is 371 g/mol. The Morgan fingerprint density at radius 1 is 1.29 bits per heavy atom. The maximum absolute atomic E-state index is 14.6. The fourth-order valence-electron chi connectivity index (χ4n) is 3.68. The average Bonchev–Trinajstić information content (AvgIpc) is 3.18. The lowest BCUT2D eigenvalue weighted by Gasteiger charge is -2.36. The minimum absolute atomic E-state index is 0.111. The van der Waals surface area contributed by atoms with Crippen molar-refractivity contribution < 1.29 is 4.39 Å². The van der Waals surface area contributed by atoms with Gasteiger partial charge < -0.3 is 5.32 Å². The van der Waals surface area contributed by atoms with Gasteiger partial charge in [-0.3, -0.25) is 10.00 Å². The van der Waals surface area contributed by atoms with Crippen molar-refractivity contribution in [2.75, 3.05) is 19.6 Å². The third-order valence-corrected chi connectivity index (χ3v) is 5.62. The number of benzene rings is 2. The zero-order valence-electron chi connectivity index (χ0n) is 15.5. The number of H-pyrrole nitrogens is 1. The van der Waals surface area contributed by atoms with Gasteiger partial charge in [-0.25, -0.2) is 4.39 Å². The van der Waals surface area contributed by atoms with Crippen LogP contribution in [0.3, 0.4) is 0 Å². The Hall–Kier alpha value is -2.41.